The summed E-state index contributed by atoms with van der Waals surface area (Å²) in [5, 5.41) is 10.6. The van der Waals surface area contributed by atoms with Crippen molar-refractivity contribution < 1.29 is 9.84 Å². The molecular weight excluding hydrogens is 292 g/mol. The lowest BCUT2D eigenvalue weighted by atomic mass is 10.1. The lowest BCUT2D eigenvalue weighted by Crippen LogP contribution is -2.18. The van der Waals surface area contributed by atoms with Gasteiger partial charge in [-0.3, -0.25) is 4.79 Å². The molecule has 1 aliphatic rings. The number of nitrogens with one attached hydrogen (secondary N) is 1. The first-order chi connectivity index (χ1) is 10.1. The first kappa shape index (κ1) is 14.1. The number of ether oxygens (including phenoxy) is 1. The standard InChI is InChI=1S/C15H15ClN2O3/c1-21-12(8-5-6-8)13-17-14(19)11(15(20)18-13)9-3-2-4-10(16)7-9/h2-4,7-8,12H,5-6H2,1H3,(H2,17,18,19,20). The number of halogens is 1. The van der Waals surface area contributed by atoms with Gasteiger partial charge in [-0.25, -0.2) is 0 Å². The van der Waals surface area contributed by atoms with Gasteiger partial charge in [-0.05, 0) is 36.5 Å². The highest BCUT2D eigenvalue weighted by atomic mass is 35.5. The van der Waals surface area contributed by atoms with Crippen LogP contribution in [0.5, 0.6) is 5.88 Å². The summed E-state index contributed by atoms with van der Waals surface area (Å²) in [7, 11) is 1.57. The van der Waals surface area contributed by atoms with Gasteiger partial charge in [0, 0.05) is 12.1 Å². The zero-order valence-corrected chi connectivity index (χ0v) is 12.2. The minimum Gasteiger partial charge on any atom is -0.493 e. The second-order valence-corrected chi connectivity index (χ2v) is 5.59. The maximum Gasteiger partial charge on any atom is 0.262 e. The van der Waals surface area contributed by atoms with Gasteiger partial charge >= 0.3 is 0 Å². The minimum absolute atomic E-state index is 0.118. The predicted molar refractivity (Wildman–Crippen MR) is 79.4 cm³/mol. The summed E-state index contributed by atoms with van der Waals surface area (Å²) >= 11 is 5.92. The first-order valence-electron chi connectivity index (χ1n) is 6.72. The number of methoxy groups -OCH3 is 1. The maximum absolute atomic E-state index is 12.3. The van der Waals surface area contributed by atoms with Gasteiger partial charge in [0.1, 0.15) is 17.5 Å². The SMILES string of the molecule is COC(c1nc(O)c(-c2cccc(Cl)c2)c(=O)[nH]1)C1CC1. The molecule has 110 valence electrons. The highest BCUT2D eigenvalue weighted by molar-refractivity contribution is 6.30. The number of hydrogen-bond donors (Lipinski definition) is 2. The molecule has 1 unspecified atom stereocenters. The van der Waals surface area contributed by atoms with E-state index < -0.39 is 5.56 Å². The third-order valence-corrected chi connectivity index (χ3v) is 3.84. The second kappa shape index (κ2) is 5.50. The Labute approximate surface area is 126 Å². The Balaban J connectivity index is 2.06. The lowest BCUT2D eigenvalue weighted by Gasteiger charge is -2.14. The molecule has 1 aromatic carbocycles. The van der Waals surface area contributed by atoms with Gasteiger partial charge in [0.05, 0.1) is 0 Å². The Kier molecular flexibility index (Phi) is 3.69. The van der Waals surface area contributed by atoms with Gasteiger partial charge in [0.15, 0.2) is 0 Å². The first-order valence-corrected chi connectivity index (χ1v) is 7.10. The molecule has 0 radical (unpaired) electrons. The molecule has 2 N–H and O–H groups in total. The largest absolute Gasteiger partial charge is 0.493 e. The van der Waals surface area contributed by atoms with Crippen molar-refractivity contribution in [1.82, 2.24) is 9.97 Å². The van der Waals surface area contributed by atoms with E-state index >= 15 is 0 Å². The second-order valence-electron chi connectivity index (χ2n) is 5.15. The van der Waals surface area contributed by atoms with Crippen molar-refractivity contribution in [3.8, 4) is 17.0 Å². The highest BCUT2D eigenvalue weighted by Crippen LogP contribution is 2.42. The molecule has 0 bridgehead atoms. The summed E-state index contributed by atoms with van der Waals surface area (Å²) in [6.45, 7) is 0. The number of aromatic hydroxyl groups is 1. The fourth-order valence-corrected chi connectivity index (χ4v) is 2.63. The smallest absolute Gasteiger partial charge is 0.262 e. The van der Waals surface area contributed by atoms with Crippen LogP contribution in [0.25, 0.3) is 11.1 Å². The van der Waals surface area contributed by atoms with Crippen LogP contribution < -0.4 is 5.56 Å². The van der Waals surface area contributed by atoms with Gasteiger partial charge in [0.2, 0.25) is 5.88 Å². The average molecular weight is 307 g/mol. The van der Waals surface area contributed by atoms with Crippen molar-refractivity contribution in [1.29, 1.82) is 0 Å². The third kappa shape index (κ3) is 2.80. The van der Waals surface area contributed by atoms with E-state index in [1.807, 2.05) is 0 Å². The molecule has 1 fully saturated rings. The highest BCUT2D eigenvalue weighted by Gasteiger charge is 2.34. The number of nitrogens with zero attached hydrogens (tertiary/aromatic N) is 1. The summed E-state index contributed by atoms with van der Waals surface area (Å²) in [6.07, 6.45) is 1.80. The van der Waals surface area contributed by atoms with Crippen LogP contribution in [0, 0.1) is 5.92 Å². The fraction of sp³-hybridized carbons (Fsp3) is 0.333. The van der Waals surface area contributed by atoms with E-state index in [1.165, 1.54) is 0 Å². The summed E-state index contributed by atoms with van der Waals surface area (Å²) in [4.78, 5) is 19.1. The van der Waals surface area contributed by atoms with Gasteiger partial charge in [-0.2, -0.15) is 4.98 Å². The summed E-state index contributed by atoms with van der Waals surface area (Å²) < 4.78 is 5.37. The molecule has 3 rings (SSSR count). The molecule has 1 atom stereocenters. The van der Waals surface area contributed by atoms with E-state index in [4.69, 9.17) is 16.3 Å². The van der Waals surface area contributed by atoms with Crippen LogP contribution in [0.4, 0.5) is 0 Å². The number of H-pyrrole nitrogens is 1. The van der Waals surface area contributed by atoms with Crippen LogP contribution in [-0.4, -0.2) is 22.2 Å². The predicted octanol–water partition coefficient (Wildman–Crippen LogP) is 2.89. The van der Waals surface area contributed by atoms with Crippen LogP contribution >= 0.6 is 11.6 Å². The lowest BCUT2D eigenvalue weighted by molar-refractivity contribution is 0.0764. The Morgan fingerprint density at radius 2 is 2.24 bits per heavy atom. The van der Waals surface area contributed by atoms with E-state index in [1.54, 1.807) is 31.4 Å². The molecule has 0 saturated heterocycles. The maximum atomic E-state index is 12.3. The molecule has 21 heavy (non-hydrogen) atoms. The molecule has 1 aromatic heterocycles. The molecule has 1 aliphatic carbocycles. The molecule has 0 aliphatic heterocycles. The number of hydrogen-bond acceptors (Lipinski definition) is 4. The van der Waals surface area contributed by atoms with Crippen molar-refractivity contribution in [3.05, 3.63) is 45.5 Å². The van der Waals surface area contributed by atoms with Gasteiger partial charge in [0.25, 0.3) is 5.56 Å². The average Bonchev–Trinajstić information content (AvgIpc) is 3.23. The van der Waals surface area contributed by atoms with Crippen LogP contribution in [-0.2, 0) is 4.74 Å². The molecule has 0 amide bonds. The van der Waals surface area contributed by atoms with Gasteiger partial charge in [-0.1, -0.05) is 23.7 Å². The summed E-state index contributed by atoms with van der Waals surface area (Å²) in [6, 6.07) is 6.73. The van der Waals surface area contributed by atoms with Crippen LogP contribution in [0.15, 0.2) is 29.1 Å². The third-order valence-electron chi connectivity index (χ3n) is 3.61. The zero-order chi connectivity index (χ0) is 15.0. The molecule has 5 nitrogen and oxygen atoms in total. The Bertz CT molecular complexity index is 725. The molecule has 1 heterocycles. The van der Waals surface area contributed by atoms with Crippen molar-refractivity contribution in [2.45, 2.75) is 18.9 Å². The fourth-order valence-electron chi connectivity index (χ4n) is 2.44. The Hall–Kier alpha value is -1.85. The Morgan fingerprint density at radius 1 is 1.48 bits per heavy atom. The quantitative estimate of drug-likeness (QED) is 0.910. The Morgan fingerprint density at radius 3 is 2.81 bits per heavy atom. The summed E-state index contributed by atoms with van der Waals surface area (Å²) in [5.41, 5.74) is 0.245. The van der Waals surface area contributed by atoms with Crippen LogP contribution in [0.1, 0.15) is 24.8 Å². The molecular formula is C15H15ClN2O3. The molecule has 1 saturated carbocycles. The van der Waals surface area contributed by atoms with Crippen molar-refractivity contribution in [3.63, 3.8) is 0 Å². The van der Waals surface area contributed by atoms with E-state index in [2.05, 4.69) is 9.97 Å². The number of aromatic nitrogens is 2. The minimum atomic E-state index is -0.400. The normalized spacial score (nSPS) is 15.9. The van der Waals surface area contributed by atoms with Gasteiger partial charge in [-0.15, -0.1) is 0 Å². The van der Waals surface area contributed by atoms with E-state index in [-0.39, 0.29) is 17.5 Å². The monoisotopic (exact) mass is 306 g/mol. The van der Waals surface area contributed by atoms with Crippen molar-refractivity contribution >= 4 is 11.6 Å². The zero-order valence-electron chi connectivity index (χ0n) is 11.5. The number of aromatic amines is 1. The van der Waals surface area contributed by atoms with Gasteiger partial charge < -0.3 is 14.8 Å². The molecule has 6 heteroatoms. The number of benzene rings is 1. The van der Waals surface area contributed by atoms with E-state index in [0.717, 1.165) is 12.8 Å². The van der Waals surface area contributed by atoms with E-state index in [0.29, 0.717) is 22.3 Å². The molecule has 2 aromatic rings. The van der Waals surface area contributed by atoms with Crippen molar-refractivity contribution in [2.24, 2.45) is 5.92 Å². The van der Waals surface area contributed by atoms with E-state index in [9.17, 15) is 9.90 Å². The van der Waals surface area contributed by atoms with Crippen LogP contribution in [0.2, 0.25) is 5.02 Å². The molecule has 0 spiro atoms. The summed E-state index contributed by atoms with van der Waals surface area (Å²) in [5.74, 6) is 0.418. The van der Waals surface area contributed by atoms with Crippen molar-refractivity contribution in [2.75, 3.05) is 7.11 Å². The number of rotatable bonds is 4. The van der Waals surface area contributed by atoms with Crippen LogP contribution in [0.3, 0.4) is 0 Å². The topological polar surface area (TPSA) is 75.2 Å².